The Morgan fingerprint density at radius 3 is 2.30 bits per heavy atom. The van der Waals surface area contributed by atoms with Crippen molar-refractivity contribution in [1.29, 1.82) is 0 Å². The van der Waals surface area contributed by atoms with E-state index < -0.39 is 0 Å². The summed E-state index contributed by atoms with van der Waals surface area (Å²) in [5, 5.41) is 18.9. The molecular weight excluding hydrogens is 295 g/mol. The molecule has 0 atom stereocenters. The highest BCUT2D eigenvalue weighted by molar-refractivity contribution is 6.36. The monoisotopic (exact) mass is 308 g/mol. The zero-order valence-electron chi connectivity index (χ0n) is 11.1. The van der Waals surface area contributed by atoms with E-state index in [1.165, 1.54) is 0 Å². The topological polar surface area (TPSA) is 45.0 Å². The molecule has 0 fully saturated rings. The van der Waals surface area contributed by atoms with Crippen LogP contribution in [0.5, 0.6) is 5.75 Å². The molecule has 0 unspecified atom stereocenters. The van der Waals surface area contributed by atoms with Gasteiger partial charge in [0.2, 0.25) is 0 Å². The summed E-state index contributed by atoms with van der Waals surface area (Å²) in [5.74, 6) is 0.437. The summed E-state index contributed by atoms with van der Waals surface area (Å²) in [5.41, 5.74) is 2.01. The number of rotatable bonds is 3. The standard InChI is InChI=1S/C15H14Cl2N2O/c1-9(2)10-3-6-15(20)14(7-10)19-18-13-5-4-11(16)8-12(13)17/h3-9,20H,1-2H3. The molecule has 0 spiro atoms. The number of aromatic hydroxyl groups is 1. The van der Waals surface area contributed by atoms with Gasteiger partial charge in [0, 0.05) is 5.02 Å². The third-order valence-electron chi connectivity index (χ3n) is 2.84. The molecule has 0 aliphatic rings. The molecule has 5 heteroatoms. The van der Waals surface area contributed by atoms with Crippen LogP contribution in [0.4, 0.5) is 11.4 Å². The van der Waals surface area contributed by atoms with Crippen LogP contribution in [0.2, 0.25) is 10.0 Å². The smallest absolute Gasteiger partial charge is 0.143 e. The van der Waals surface area contributed by atoms with Crippen molar-refractivity contribution in [3.63, 3.8) is 0 Å². The molecule has 0 saturated heterocycles. The van der Waals surface area contributed by atoms with E-state index in [1.54, 1.807) is 24.3 Å². The summed E-state index contributed by atoms with van der Waals surface area (Å²) in [6, 6.07) is 10.3. The van der Waals surface area contributed by atoms with Gasteiger partial charge in [0.1, 0.15) is 17.1 Å². The van der Waals surface area contributed by atoms with Crippen molar-refractivity contribution >= 4 is 34.6 Å². The Hall–Kier alpha value is -1.58. The summed E-state index contributed by atoms with van der Waals surface area (Å²) < 4.78 is 0. The number of nitrogens with zero attached hydrogens (tertiary/aromatic N) is 2. The molecule has 2 rings (SSSR count). The van der Waals surface area contributed by atoms with Gasteiger partial charge in [-0.3, -0.25) is 0 Å². The van der Waals surface area contributed by atoms with Crippen LogP contribution in [-0.4, -0.2) is 5.11 Å². The van der Waals surface area contributed by atoms with E-state index in [1.807, 2.05) is 12.1 Å². The summed E-state index contributed by atoms with van der Waals surface area (Å²) >= 11 is 11.8. The largest absolute Gasteiger partial charge is 0.506 e. The molecule has 2 aromatic rings. The van der Waals surface area contributed by atoms with Gasteiger partial charge in [-0.1, -0.05) is 43.1 Å². The summed E-state index contributed by atoms with van der Waals surface area (Å²) in [6.45, 7) is 4.15. The molecule has 0 aliphatic heterocycles. The SMILES string of the molecule is CC(C)c1ccc(O)c(N=Nc2ccc(Cl)cc2Cl)c1. The Labute approximate surface area is 127 Å². The number of hydrogen-bond acceptors (Lipinski definition) is 3. The van der Waals surface area contributed by atoms with Crippen molar-refractivity contribution in [2.75, 3.05) is 0 Å². The van der Waals surface area contributed by atoms with Gasteiger partial charge in [0.15, 0.2) is 0 Å². The minimum absolute atomic E-state index is 0.0863. The second-order valence-corrected chi connectivity index (χ2v) is 5.54. The first-order valence-electron chi connectivity index (χ1n) is 6.17. The van der Waals surface area contributed by atoms with Crippen LogP contribution in [0.1, 0.15) is 25.3 Å². The van der Waals surface area contributed by atoms with Gasteiger partial charge in [-0.15, -0.1) is 10.2 Å². The Kier molecular flexibility index (Phi) is 4.63. The van der Waals surface area contributed by atoms with E-state index in [2.05, 4.69) is 24.1 Å². The first-order chi connectivity index (χ1) is 9.47. The molecule has 0 bridgehead atoms. The molecule has 0 aliphatic carbocycles. The van der Waals surface area contributed by atoms with E-state index in [9.17, 15) is 5.11 Å². The molecule has 0 aromatic heterocycles. The van der Waals surface area contributed by atoms with Crippen LogP contribution in [0.3, 0.4) is 0 Å². The third kappa shape index (κ3) is 3.50. The molecule has 0 amide bonds. The number of phenols is 1. The second-order valence-electron chi connectivity index (χ2n) is 4.70. The van der Waals surface area contributed by atoms with Crippen molar-refractivity contribution in [3.8, 4) is 5.75 Å². The van der Waals surface area contributed by atoms with Crippen LogP contribution in [-0.2, 0) is 0 Å². The quantitative estimate of drug-likeness (QED) is 0.670. The third-order valence-corrected chi connectivity index (χ3v) is 3.38. The minimum Gasteiger partial charge on any atom is -0.506 e. The fourth-order valence-electron chi connectivity index (χ4n) is 1.65. The van der Waals surface area contributed by atoms with Gasteiger partial charge in [0.25, 0.3) is 0 Å². The lowest BCUT2D eigenvalue weighted by molar-refractivity contribution is 0.476. The summed E-state index contributed by atoms with van der Waals surface area (Å²) in [6.07, 6.45) is 0. The van der Waals surface area contributed by atoms with Gasteiger partial charge in [-0.05, 0) is 41.8 Å². The molecular formula is C15H14Cl2N2O. The highest BCUT2D eigenvalue weighted by Crippen LogP contribution is 2.33. The first-order valence-corrected chi connectivity index (χ1v) is 6.92. The van der Waals surface area contributed by atoms with Crippen molar-refractivity contribution in [2.24, 2.45) is 10.2 Å². The highest BCUT2D eigenvalue weighted by atomic mass is 35.5. The van der Waals surface area contributed by atoms with E-state index in [4.69, 9.17) is 23.2 Å². The van der Waals surface area contributed by atoms with Crippen LogP contribution in [0, 0.1) is 0 Å². The van der Waals surface area contributed by atoms with Gasteiger partial charge in [0.05, 0.1) is 5.02 Å². The molecule has 0 radical (unpaired) electrons. The van der Waals surface area contributed by atoms with Crippen LogP contribution < -0.4 is 0 Å². The van der Waals surface area contributed by atoms with Gasteiger partial charge in [-0.2, -0.15) is 0 Å². The fraction of sp³-hybridized carbons (Fsp3) is 0.200. The first kappa shape index (κ1) is 14.8. The summed E-state index contributed by atoms with van der Waals surface area (Å²) in [4.78, 5) is 0. The maximum Gasteiger partial charge on any atom is 0.143 e. The van der Waals surface area contributed by atoms with Gasteiger partial charge in [-0.25, -0.2) is 0 Å². The van der Waals surface area contributed by atoms with E-state index in [0.29, 0.717) is 27.3 Å². The summed E-state index contributed by atoms with van der Waals surface area (Å²) in [7, 11) is 0. The second kappa shape index (κ2) is 6.25. The number of hydrogen-bond donors (Lipinski definition) is 1. The lowest BCUT2D eigenvalue weighted by Crippen LogP contribution is -1.85. The van der Waals surface area contributed by atoms with Crippen LogP contribution in [0.25, 0.3) is 0 Å². The van der Waals surface area contributed by atoms with E-state index >= 15 is 0 Å². The van der Waals surface area contributed by atoms with Crippen molar-refractivity contribution < 1.29 is 5.11 Å². The van der Waals surface area contributed by atoms with Crippen LogP contribution in [0.15, 0.2) is 46.6 Å². The molecule has 1 N–H and O–H groups in total. The molecule has 0 heterocycles. The molecule has 0 saturated carbocycles. The van der Waals surface area contributed by atoms with Crippen molar-refractivity contribution in [2.45, 2.75) is 19.8 Å². The van der Waals surface area contributed by atoms with Gasteiger partial charge >= 0.3 is 0 Å². The Balaban J connectivity index is 2.33. The zero-order valence-corrected chi connectivity index (χ0v) is 12.7. The zero-order chi connectivity index (χ0) is 14.7. The van der Waals surface area contributed by atoms with E-state index in [0.717, 1.165) is 5.56 Å². The lowest BCUT2D eigenvalue weighted by atomic mass is 10.0. The molecule has 104 valence electrons. The average molecular weight is 309 g/mol. The van der Waals surface area contributed by atoms with E-state index in [-0.39, 0.29) is 5.75 Å². The Morgan fingerprint density at radius 2 is 1.65 bits per heavy atom. The van der Waals surface area contributed by atoms with Gasteiger partial charge < -0.3 is 5.11 Å². The number of azo groups is 1. The highest BCUT2D eigenvalue weighted by Gasteiger charge is 2.06. The lowest BCUT2D eigenvalue weighted by Gasteiger charge is -2.06. The van der Waals surface area contributed by atoms with Crippen molar-refractivity contribution in [3.05, 3.63) is 52.0 Å². The average Bonchev–Trinajstić information content (AvgIpc) is 2.39. The number of halogens is 2. The fourth-order valence-corrected chi connectivity index (χ4v) is 2.10. The minimum atomic E-state index is 0.0863. The normalized spacial score (nSPS) is 11.4. The molecule has 20 heavy (non-hydrogen) atoms. The number of benzene rings is 2. The van der Waals surface area contributed by atoms with Crippen LogP contribution >= 0.6 is 23.2 Å². The predicted octanol–water partition coefficient (Wildman–Crippen LogP) is 6.24. The Bertz CT molecular complexity index is 654. The predicted molar refractivity (Wildman–Crippen MR) is 82.8 cm³/mol. The maximum atomic E-state index is 9.80. The number of phenolic OH excluding ortho intramolecular Hbond substituents is 1. The maximum absolute atomic E-state index is 9.80. The Morgan fingerprint density at radius 1 is 0.950 bits per heavy atom. The molecule has 2 aromatic carbocycles. The van der Waals surface area contributed by atoms with Crippen molar-refractivity contribution in [1.82, 2.24) is 0 Å². The molecule has 3 nitrogen and oxygen atoms in total.